The molecule has 8 heteroatoms. The maximum Gasteiger partial charge on any atom is 0.243 e. The number of hydrogen-bond acceptors (Lipinski definition) is 5. The standard InChI is InChI=1S/C19H30N2O5S/c1-4-6-19(22)20-9-5-10-21(12-11-20)27(23,24)17-7-8-18(16(2)15-17)26-14-13-25-3/h7-8,15H,4-6,9-14H2,1-3H3. The fraction of sp³-hybridized carbons (Fsp3) is 0.632. The number of aryl methyl sites for hydroxylation is 1. The maximum atomic E-state index is 13.0. The molecular weight excluding hydrogens is 368 g/mol. The summed E-state index contributed by atoms with van der Waals surface area (Å²) >= 11 is 0. The Morgan fingerprint density at radius 2 is 1.93 bits per heavy atom. The van der Waals surface area contributed by atoms with Gasteiger partial charge in [-0.15, -0.1) is 0 Å². The van der Waals surface area contributed by atoms with E-state index in [9.17, 15) is 13.2 Å². The van der Waals surface area contributed by atoms with Crippen LogP contribution in [0.4, 0.5) is 0 Å². The quantitative estimate of drug-likeness (QED) is 0.627. The van der Waals surface area contributed by atoms with E-state index < -0.39 is 10.0 Å². The van der Waals surface area contributed by atoms with Crippen molar-refractivity contribution < 1.29 is 22.7 Å². The van der Waals surface area contributed by atoms with Crippen molar-refractivity contribution in [1.82, 2.24) is 9.21 Å². The molecule has 7 nitrogen and oxygen atoms in total. The monoisotopic (exact) mass is 398 g/mol. The average Bonchev–Trinajstić information content (AvgIpc) is 2.90. The number of methoxy groups -OCH3 is 1. The predicted molar refractivity (Wildman–Crippen MR) is 103 cm³/mol. The van der Waals surface area contributed by atoms with Crippen LogP contribution in [0.1, 0.15) is 31.7 Å². The number of ether oxygens (including phenoxy) is 2. The molecule has 0 saturated carbocycles. The molecule has 0 atom stereocenters. The second-order valence-electron chi connectivity index (χ2n) is 6.66. The Hall–Kier alpha value is -1.64. The van der Waals surface area contributed by atoms with Crippen molar-refractivity contribution in [3.8, 4) is 5.75 Å². The molecule has 0 unspecified atom stereocenters. The van der Waals surface area contributed by atoms with E-state index in [-0.39, 0.29) is 10.8 Å². The highest BCUT2D eigenvalue weighted by atomic mass is 32.2. The normalized spacial score (nSPS) is 16.2. The molecule has 0 bridgehead atoms. The second-order valence-corrected chi connectivity index (χ2v) is 8.59. The lowest BCUT2D eigenvalue weighted by Crippen LogP contribution is -2.37. The number of carbonyl (C=O) groups excluding carboxylic acids is 1. The Labute approximate surface area is 162 Å². The fourth-order valence-electron chi connectivity index (χ4n) is 3.08. The van der Waals surface area contributed by atoms with Gasteiger partial charge in [0.25, 0.3) is 0 Å². The van der Waals surface area contributed by atoms with Crippen LogP contribution in [0.5, 0.6) is 5.75 Å². The first-order chi connectivity index (χ1) is 12.9. The molecule has 1 aliphatic heterocycles. The van der Waals surface area contributed by atoms with Gasteiger partial charge in [-0.2, -0.15) is 4.31 Å². The summed E-state index contributed by atoms with van der Waals surface area (Å²) in [6.45, 7) is 6.47. The first kappa shape index (κ1) is 21.7. The van der Waals surface area contributed by atoms with Crippen LogP contribution in [0.25, 0.3) is 0 Å². The van der Waals surface area contributed by atoms with Gasteiger partial charge in [0, 0.05) is 39.7 Å². The van der Waals surface area contributed by atoms with Crippen LogP contribution in [0.2, 0.25) is 0 Å². The van der Waals surface area contributed by atoms with Crippen molar-refractivity contribution in [2.45, 2.75) is 38.0 Å². The largest absolute Gasteiger partial charge is 0.491 e. The third-order valence-corrected chi connectivity index (χ3v) is 6.50. The lowest BCUT2D eigenvalue weighted by Gasteiger charge is -2.22. The molecule has 0 aromatic heterocycles. The third kappa shape index (κ3) is 5.67. The summed E-state index contributed by atoms with van der Waals surface area (Å²) in [4.78, 5) is 14.1. The predicted octanol–water partition coefficient (Wildman–Crippen LogP) is 2.04. The minimum Gasteiger partial charge on any atom is -0.491 e. The van der Waals surface area contributed by atoms with Crippen molar-refractivity contribution in [2.75, 3.05) is 46.5 Å². The van der Waals surface area contributed by atoms with E-state index in [2.05, 4.69) is 0 Å². The van der Waals surface area contributed by atoms with Crippen LogP contribution >= 0.6 is 0 Å². The molecule has 1 aromatic carbocycles. The average molecular weight is 399 g/mol. The third-order valence-electron chi connectivity index (χ3n) is 4.60. The molecule has 0 aliphatic carbocycles. The van der Waals surface area contributed by atoms with Crippen LogP contribution in [0.15, 0.2) is 23.1 Å². The van der Waals surface area contributed by atoms with E-state index in [1.807, 2.05) is 13.8 Å². The molecule has 0 radical (unpaired) electrons. The Balaban J connectivity index is 2.09. The van der Waals surface area contributed by atoms with Gasteiger partial charge >= 0.3 is 0 Å². The highest BCUT2D eigenvalue weighted by Crippen LogP contribution is 2.25. The molecule has 2 rings (SSSR count). The molecule has 1 aromatic rings. The molecule has 1 heterocycles. The number of carbonyl (C=O) groups is 1. The van der Waals surface area contributed by atoms with Gasteiger partial charge < -0.3 is 14.4 Å². The zero-order chi connectivity index (χ0) is 19.9. The molecule has 1 amide bonds. The zero-order valence-corrected chi connectivity index (χ0v) is 17.3. The summed E-state index contributed by atoms with van der Waals surface area (Å²) in [6, 6.07) is 4.91. The van der Waals surface area contributed by atoms with E-state index >= 15 is 0 Å². The Kier molecular flexibility index (Phi) is 8.07. The van der Waals surface area contributed by atoms with Gasteiger partial charge in [0.05, 0.1) is 11.5 Å². The van der Waals surface area contributed by atoms with E-state index in [1.54, 1.807) is 30.2 Å². The van der Waals surface area contributed by atoms with Gasteiger partial charge in [0.15, 0.2) is 0 Å². The van der Waals surface area contributed by atoms with E-state index in [4.69, 9.17) is 9.47 Å². The highest BCUT2D eigenvalue weighted by molar-refractivity contribution is 7.89. The Bertz CT molecular complexity index is 736. The van der Waals surface area contributed by atoms with Crippen molar-refractivity contribution >= 4 is 15.9 Å². The molecule has 1 aliphatic rings. The second kappa shape index (κ2) is 10.1. The molecule has 0 spiro atoms. The van der Waals surface area contributed by atoms with Gasteiger partial charge in [0.1, 0.15) is 12.4 Å². The number of hydrogen-bond donors (Lipinski definition) is 0. The lowest BCUT2D eigenvalue weighted by atomic mass is 10.2. The Morgan fingerprint density at radius 1 is 1.15 bits per heavy atom. The number of sulfonamides is 1. The van der Waals surface area contributed by atoms with Gasteiger partial charge in [-0.3, -0.25) is 4.79 Å². The number of rotatable bonds is 8. The Morgan fingerprint density at radius 3 is 2.59 bits per heavy atom. The SMILES string of the molecule is CCCC(=O)N1CCCN(S(=O)(=O)c2ccc(OCCOC)c(C)c2)CC1. The summed E-state index contributed by atoms with van der Waals surface area (Å²) in [5.74, 6) is 0.753. The van der Waals surface area contributed by atoms with Gasteiger partial charge in [-0.1, -0.05) is 6.92 Å². The van der Waals surface area contributed by atoms with Crippen LogP contribution < -0.4 is 4.74 Å². The van der Waals surface area contributed by atoms with Crippen LogP contribution in [-0.4, -0.2) is 70.0 Å². The summed E-state index contributed by atoms with van der Waals surface area (Å²) in [5, 5.41) is 0. The molecule has 1 saturated heterocycles. The summed E-state index contributed by atoms with van der Waals surface area (Å²) in [5.41, 5.74) is 0.766. The van der Waals surface area contributed by atoms with Crippen LogP contribution in [-0.2, 0) is 19.6 Å². The van der Waals surface area contributed by atoms with Crippen molar-refractivity contribution in [3.63, 3.8) is 0 Å². The van der Waals surface area contributed by atoms with Gasteiger partial charge in [-0.05, 0) is 43.5 Å². The topological polar surface area (TPSA) is 76.2 Å². The minimum absolute atomic E-state index is 0.102. The molecular formula is C19H30N2O5S. The zero-order valence-electron chi connectivity index (χ0n) is 16.4. The first-order valence-corrected chi connectivity index (χ1v) is 10.8. The van der Waals surface area contributed by atoms with E-state index in [0.717, 1.165) is 12.0 Å². The molecule has 0 N–H and O–H groups in total. The maximum absolute atomic E-state index is 13.0. The molecule has 27 heavy (non-hydrogen) atoms. The van der Waals surface area contributed by atoms with Gasteiger partial charge in [-0.25, -0.2) is 8.42 Å². The van der Waals surface area contributed by atoms with E-state index in [1.165, 1.54) is 4.31 Å². The van der Waals surface area contributed by atoms with Crippen molar-refractivity contribution in [2.24, 2.45) is 0 Å². The van der Waals surface area contributed by atoms with Crippen molar-refractivity contribution in [1.29, 1.82) is 0 Å². The summed E-state index contributed by atoms with van der Waals surface area (Å²) in [7, 11) is -1.99. The smallest absolute Gasteiger partial charge is 0.243 e. The number of benzene rings is 1. The molecule has 1 fully saturated rings. The number of amides is 1. The van der Waals surface area contributed by atoms with Crippen molar-refractivity contribution in [3.05, 3.63) is 23.8 Å². The highest BCUT2D eigenvalue weighted by Gasteiger charge is 2.28. The van der Waals surface area contributed by atoms with Crippen LogP contribution in [0.3, 0.4) is 0 Å². The number of nitrogens with zero attached hydrogens (tertiary/aromatic N) is 2. The lowest BCUT2D eigenvalue weighted by molar-refractivity contribution is -0.131. The van der Waals surface area contributed by atoms with Gasteiger partial charge in [0.2, 0.25) is 15.9 Å². The summed E-state index contributed by atoms with van der Waals surface area (Å²) in [6.07, 6.45) is 1.96. The molecule has 152 valence electrons. The minimum atomic E-state index is -3.60. The van der Waals surface area contributed by atoms with Crippen LogP contribution in [0, 0.1) is 6.92 Å². The first-order valence-electron chi connectivity index (χ1n) is 9.40. The summed E-state index contributed by atoms with van der Waals surface area (Å²) < 4.78 is 38.1. The van der Waals surface area contributed by atoms with E-state index in [0.29, 0.717) is 58.0 Å². The fourth-order valence-corrected chi connectivity index (χ4v) is 4.64.